The molecule has 0 aromatic heterocycles. The van der Waals surface area contributed by atoms with Crippen molar-refractivity contribution in [2.75, 3.05) is 106 Å². The molecule has 0 amide bonds. The first-order valence-corrected chi connectivity index (χ1v) is 16.1. The van der Waals surface area contributed by atoms with Crippen LogP contribution in [-0.4, -0.2) is 106 Å². The van der Waals surface area contributed by atoms with Crippen LogP contribution in [0.1, 0.15) is 90.4 Å². The van der Waals surface area contributed by atoms with E-state index < -0.39 is 0 Å². The van der Waals surface area contributed by atoms with Crippen molar-refractivity contribution in [2.24, 2.45) is 0 Å². The number of unbranched alkanes of at least 4 members (excludes halogenated alkanes) is 12. The van der Waals surface area contributed by atoms with Gasteiger partial charge in [-0.3, -0.25) is 0 Å². The fourth-order valence-electron chi connectivity index (χ4n) is 3.93. The van der Waals surface area contributed by atoms with Gasteiger partial charge in [-0.15, -0.1) is 6.58 Å². The maximum absolute atomic E-state index is 5.66. The Morgan fingerprint density at radius 1 is 0.325 bits per heavy atom. The largest absolute Gasteiger partial charge is 0.379 e. The topological polar surface area (TPSA) is 73.8 Å². The molecule has 0 saturated heterocycles. The molecule has 0 atom stereocenters. The van der Waals surface area contributed by atoms with Crippen molar-refractivity contribution >= 4 is 0 Å². The predicted molar refractivity (Wildman–Crippen MR) is 162 cm³/mol. The van der Waals surface area contributed by atoms with E-state index in [1.807, 2.05) is 0 Å². The van der Waals surface area contributed by atoms with Crippen molar-refractivity contribution in [3.8, 4) is 0 Å². The van der Waals surface area contributed by atoms with Crippen LogP contribution in [-0.2, 0) is 37.9 Å². The van der Waals surface area contributed by atoms with E-state index in [1.165, 1.54) is 77.0 Å². The molecule has 0 aliphatic rings. The van der Waals surface area contributed by atoms with Gasteiger partial charge in [0.15, 0.2) is 0 Å². The molecule has 0 aliphatic heterocycles. The van der Waals surface area contributed by atoms with Crippen LogP contribution in [0.4, 0.5) is 0 Å². The molecule has 0 bridgehead atoms. The van der Waals surface area contributed by atoms with E-state index in [1.54, 1.807) is 6.08 Å². The van der Waals surface area contributed by atoms with E-state index in [0.29, 0.717) is 99.1 Å². The van der Waals surface area contributed by atoms with E-state index >= 15 is 0 Å². The van der Waals surface area contributed by atoms with Gasteiger partial charge in [0.1, 0.15) is 0 Å². The van der Waals surface area contributed by atoms with Crippen LogP contribution in [0.15, 0.2) is 12.7 Å². The molecule has 0 N–H and O–H groups in total. The van der Waals surface area contributed by atoms with Crippen molar-refractivity contribution in [3.05, 3.63) is 12.7 Å². The molecule has 0 fully saturated rings. The van der Waals surface area contributed by atoms with Gasteiger partial charge in [0.05, 0.1) is 99.1 Å². The summed E-state index contributed by atoms with van der Waals surface area (Å²) in [4.78, 5) is 0. The molecule has 0 saturated carbocycles. The molecule has 0 aromatic carbocycles. The molecule has 8 heteroatoms. The molecule has 0 radical (unpaired) electrons. The Morgan fingerprint density at radius 3 is 0.875 bits per heavy atom. The second-order valence-electron chi connectivity index (χ2n) is 9.89. The molecule has 0 unspecified atom stereocenters. The third-order valence-corrected chi connectivity index (χ3v) is 6.23. The van der Waals surface area contributed by atoms with Gasteiger partial charge in [0.25, 0.3) is 0 Å². The van der Waals surface area contributed by atoms with Gasteiger partial charge in [0, 0.05) is 6.61 Å². The SMILES string of the molecule is C=CCOCCOCCOCCOCCOCCOCCOCCOCCCCCCCCCCCCCCC. The predicted octanol–water partition coefficient (Wildman–Crippen LogP) is 6.40. The third-order valence-electron chi connectivity index (χ3n) is 6.23. The van der Waals surface area contributed by atoms with Crippen LogP contribution in [0.5, 0.6) is 0 Å². The first-order valence-electron chi connectivity index (χ1n) is 16.1. The maximum atomic E-state index is 5.66. The Bertz CT molecular complexity index is 453. The van der Waals surface area contributed by atoms with Crippen molar-refractivity contribution < 1.29 is 37.9 Å². The summed E-state index contributed by atoms with van der Waals surface area (Å²) in [6.07, 6.45) is 19.6. The molecule has 0 rings (SSSR count). The van der Waals surface area contributed by atoms with Crippen LogP contribution in [0.25, 0.3) is 0 Å². The van der Waals surface area contributed by atoms with Crippen LogP contribution in [0.2, 0.25) is 0 Å². The molecule has 0 heterocycles. The minimum atomic E-state index is 0.544. The summed E-state index contributed by atoms with van der Waals surface area (Å²) in [5.41, 5.74) is 0. The maximum Gasteiger partial charge on any atom is 0.0704 e. The van der Waals surface area contributed by atoms with Crippen molar-refractivity contribution in [1.82, 2.24) is 0 Å². The lowest BCUT2D eigenvalue weighted by atomic mass is 10.0. The van der Waals surface area contributed by atoms with Crippen LogP contribution in [0, 0.1) is 0 Å². The lowest BCUT2D eigenvalue weighted by Crippen LogP contribution is -2.15. The summed E-state index contributed by atoms with van der Waals surface area (Å²) in [6.45, 7) is 15.2. The molecular formula is C32H64O8. The van der Waals surface area contributed by atoms with Gasteiger partial charge < -0.3 is 37.9 Å². The summed E-state index contributed by atoms with van der Waals surface area (Å²) < 4.78 is 43.7. The standard InChI is InChI=1S/C32H64O8/c1-3-5-6-7-8-9-10-11-12-13-14-15-16-18-34-20-22-36-24-26-38-28-30-40-32-31-39-29-27-37-25-23-35-21-19-33-17-4-2/h4H,2-3,5-32H2,1H3. The summed E-state index contributed by atoms with van der Waals surface area (Å²) >= 11 is 0. The summed E-state index contributed by atoms with van der Waals surface area (Å²) in [5, 5.41) is 0. The third kappa shape index (κ3) is 37.4. The summed E-state index contributed by atoms with van der Waals surface area (Å²) in [5.74, 6) is 0. The van der Waals surface area contributed by atoms with Crippen molar-refractivity contribution in [2.45, 2.75) is 90.4 Å². The zero-order valence-electron chi connectivity index (χ0n) is 26.1. The first-order chi connectivity index (χ1) is 19.9. The minimum absolute atomic E-state index is 0.544. The fourth-order valence-corrected chi connectivity index (χ4v) is 3.93. The van der Waals surface area contributed by atoms with Gasteiger partial charge in [-0.2, -0.15) is 0 Å². The van der Waals surface area contributed by atoms with Gasteiger partial charge >= 0.3 is 0 Å². The highest BCUT2D eigenvalue weighted by Gasteiger charge is 1.96. The number of ether oxygens (including phenoxy) is 8. The average molecular weight is 577 g/mol. The highest BCUT2D eigenvalue weighted by Crippen LogP contribution is 2.12. The molecule has 8 nitrogen and oxygen atoms in total. The quantitative estimate of drug-likeness (QED) is 0.0622. The van der Waals surface area contributed by atoms with Crippen molar-refractivity contribution in [3.63, 3.8) is 0 Å². The van der Waals surface area contributed by atoms with Gasteiger partial charge in [-0.1, -0.05) is 90.0 Å². The van der Waals surface area contributed by atoms with Crippen LogP contribution >= 0.6 is 0 Å². The smallest absolute Gasteiger partial charge is 0.0704 e. The molecule has 0 aromatic rings. The zero-order chi connectivity index (χ0) is 28.9. The Balaban J connectivity index is 3.02. The second-order valence-corrected chi connectivity index (χ2v) is 9.89. The first kappa shape index (κ1) is 39.4. The van der Waals surface area contributed by atoms with E-state index in [9.17, 15) is 0 Å². The summed E-state index contributed by atoms with van der Waals surface area (Å²) in [6, 6.07) is 0. The van der Waals surface area contributed by atoms with Gasteiger partial charge in [0.2, 0.25) is 0 Å². The molecular weight excluding hydrogens is 512 g/mol. The normalized spacial score (nSPS) is 11.4. The van der Waals surface area contributed by atoms with Gasteiger partial charge in [-0.25, -0.2) is 0 Å². The number of hydrogen-bond donors (Lipinski definition) is 0. The van der Waals surface area contributed by atoms with E-state index in [2.05, 4.69) is 13.5 Å². The fraction of sp³-hybridized carbons (Fsp3) is 0.938. The highest BCUT2D eigenvalue weighted by atomic mass is 16.6. The Kier molecular flexibility index (Phi) is 37.9. The van der Waals surface area contributed by atoms with Gasteiger partial charge in [-0.05, 0) is 6.42 Å². The number of hydrogen-bond acceptors (Lipinski definition) is 8. The van der Waals surface area contributed by atoms with Crippen molar-refractivity contribution in [1.29, 1.82) is 0 Å². The lowest BCUT2D eigenvalue weighted by molar-refractivity contribution is -0.0226. The lowest BCUT2D eigenvalue weighted by Gasteiger charge is -2.08. The van der Waals surface area contributed by atoms with Crippen LogP contribution < -0.4 is 0 Å². The number of rotatable bonds is 37. The summed E-state index contributed by atoms with van der Waals surface area (Å²) in [7, 11) is 0. The molecule has 240 valence electrons. The second kappa shape index (κ2) is 38.4. The molecule has 0 spiro atoms. The average Bonchev–Trinajstić information content (AvgIpc) is 2.97. The van der Waals surface area contributed by atoms with E-state index in [4.69, 9.17) is 37.9 Å². The highest BCUT2D eigenvalue weighted by molar-refractivity contribution is 4.63. The van der Waals surface area contributed by atoms with E-state index in [-0.39, 0.29) is 0 Å². The Morgan fingerprint density at radius 2 is 0.575 bits per heavy atom. The molecule has 0 aliphatic carbocycles. The zero-order valence-corrected chi connectivity index (χ0v) is 26.1. The molecule has 40 heavy (non-hydrogen) atoms. The van der Waals surface area contributed by atoms with E-state index in [0.717, 1.165) is 13.0 Å². The minimum Gasteiger partial charge on any atom is -0.379 e. The Labute approximate surface area is 246 Å². The Hall–Kier alpha value is -0.580. The monoisotopic (exact) mass is 576 g/mol. The van der Waals surface area contributed by atoms with Crippen LogP contribution in [0.3, 0.4) is 0 Å².